The van der Waals surface area contributed by atoms with Gasteiger partial charge in [0.2, 0.25) is 0 Å². The van der Waals surface area contributed by atoms with E-state index in [9.17, 15) is 22.8 Å². The van der Waals surface area contributed by atoms with Crippen LogP contribution in [0.5, 0.6) is 11.5 Å². The van der Waals surface area contributed by atoms with Gasteiger partial charge in [0.1, 0.15) is 11.5 Å². The SMILES string of the molecule is COc1ccccc1NC(=O)NNC(=O)[C@@H](C)Oc1cccc(C(F)(F)F)c1. The van der Waals surface area contributed by atoms with Crippen LogP contribution in [0.4, 0.5) is 23.7 Å². The lowest BCUT2D eigenvalue weighted by atomic mass is 10.2. The summed E-state index contributed by atoms with van der Waals surface area (Å²) in [6, 6.07) is 10.0. The maximum Gasteiger partial charge on any atom is 0.416 e. The fourth-order valence-electron chi connectivity index (χ4n) is 2.12. The first-order chi connectivity index (χ1) is 13.2. The minimum atomic E-state index is -4.52. The molecule has 3 amide bonds. The first kappa shape index (κ1) is 20.9. The molecular formula is C18H18F3N3O4. The molecule has 0 aliphatic rings. The molecule has 0 spiro atoms. The molecule has 0 bridgehead atoms. The van der Waals surface area contributed by atoms with E-state index in [4.69, 9.17) is 9.47 Å². The maximum atomic E-state index is 12.7. The van der Waals surface area contributed by atoms with Crippen molar-refractivity contribution in [3.63, 3.8) is 0 Å². The zero-order valence-corrected chi connectivity index (χ0v) is 15.0. The topological polar surface area (TPSA) is 88.7 Å². The molecule has 10 heteroatoms. The number of carbonyl (C=O) groups is 2. The average Bonchev–Trinajstić information content (AvgIpc) is 2.66. The Balaban J connectivity index is 1.88. The Morgan fingerprint density at radius 3 is 2.43 bits per heavy atom. The lowest BCUT2D eigenvalue weighted by Crippen LogP contribution is -2.48. The van der Waals surface area contributed by atoms with E-state index in [0.29, 0.717) is 11.4 Å². The Bertz CT molecular complexity index is 843. The quantitative estimate of drug-likeness (QED) is 0.676. The number of benzene rings is 2. The van der Waals surface area contributed by atoms with E-state index in [-0.39, 0.29) is 5.75 Å². The number of anilines is 1. The van der Waals surface area contributed by atoms with Crippen molar-refractivity contribution in [1.82, 2.24) is 10.9 Å². The van der Waals surface area contributed by atoms with Crippen LogP contribution in [0.15, 0.2) is 48.5 Å². The number of rotatable bonds is 5. The fraction of sp³-hybridized carbons (Fsp3) is 0.222. The van der Waals surface area contributed by atoms with Crippen LogP contribution in [0.25, 0.3) is 0 Å². The molecule has 0 heterocycles. The molecule has 0 aliphatic heterocycles. The van der Waals surface area contributed by atoms with Crippen molar-refractivity contribution in [2.75, 3.05) is 12.4 Å². The minimum absolute atomic E-state index is 0.129. The van der Waals surface area contributed by atoms with Gasteiger partial charge in [-0.05, 0) is 37.3 Å². The number of para-hydroxylation sites is 2. The number of urea groups is 1. The van der Waals surface area contributed by atoms with Gasteiger partial charge in [-0.2, -0.15) is 13.2 Å². The van der Waals surface area contributed by atoms with Crippen LogP contribution in [0.3, 0.4) is 0 Å². The van der Waals surface area contributed by atoms with Gasteiger partial charge in [0.15, 0.2) is 6.10 Å². The van der Waals surface area contributed by atoms with E-state index in [0.717, 1.165) is 12.1 Å². The third-order valence-corrected chi connectivity index (χ3v) is 3.50. The van der Waals surface area contributed by atoms with Crippen LogP contribution in [-0.4, -0.2) is 25.2 Å². The van der Waals surface area contributed by atoms with E-state index in [2.05, 4.69) is 16.2 Å². The number of hydrogen-bond acceptors (Lipinski definition) is 4. The number of carbonyl (C=O) groups excluding carboxylic acids is 2. The van der Waals surface area contributed by atoms with Crippen molar-refractivity contribution >= 4 is 17.6 Å². The number of amides is 3. The van der Waals surface area contributed by atoms with Crippen molar-refractivity contribution in [3.05, 3.63) is 54.1 Å². The van der Waals surface area contributed by atoms with Crippen LogP contribution in [-0.2, 0) is 11.0 Å². The second-order valence-electron chi connectivity index (χ2n) is 5.55. The lowest BCUT2D eigenvalue weighted by molar-refractivity contribution is -0.137. The normalized spacial score (nSPS) is 11.9. The summed E-state index contributed by atoms with van der Waals surface area (Å²) in [5.41, 5.74) is 3.72. The summed E-state index contributed by atoms with van der Waals surface area (Å²) in [4.78, 5) is 23.8. The molecule has 7 nitrogen and oxygen atoms in total. The Hall–Kier alpha value is -3.43. The molecule has 150 valence electrons. The number of alkyl halides is 3. The molecule has 28 heavy (non-hydrogen) atoms. The number of hydrazine groups is 1. The van der Waals surface area contributed by atoms with E-state index in [1.807, 2.05) is 0 Å². The number of hydrogen-bond donors (Lipinski definition) is 3. The van der Waals surface area contributed by atoms with Crippen molar-refractivity contribution in [2.24, 2.45) is 0 Å². The van der Waals surface area contributed by atoms with Gasteiger partial charge in [-0.15, -0.1) is 0 Å². The Morgan fingerprint density at radius 2 is 1.75 bits per heavy atom. The summed E-state index contributed by atoms with van der Waals surface area (Å²) in [6.45, 7) is 1.33. The number of halogens is 3. The van der Waals surface area contributed by atoms with E-state index < -0.39 is 29.8 Å². The van der Waals surface area contributed by atoms with Crippen molar-refractivity contribution in [3.8, 4) is 11.5 Å². The van der Waals surface area contributed by atoms with Gasteiger partial charge < -0.3 is 14.8 Å². The van der Waals surface area contributed by atoms with Crippen molar-refractivity contribution < 1.29 is 32.2 Å². The van der Waals surface area contributed by atoms with Gasteiger partial charge in [-0.3, -0.25) is 10.2 Å². The monoisotopic (exact) mass is 397 g/mol. The molecule has 2 aromatic carbocycles. The van der Waals surface area contributed by atoms with Gasteiger partial charge in [0.05, 0.1) is 18.4 Å². The number of ether oxygens (including phenoxy) is 2. The lowest BCUT2D eigenvalue weighted by Gasteiger charge is -2.16. The van der Waals surface area contributed by atoms with Gasteiger partial charge >= 0.3 is 12.2 Å². The number of nitrogens with one attached hydrogen (secondary N) is 3. The molecule has 0 saturated heterocycles. The molecule has 2 rings (SSSR count). The summed E-state index contributed by atoms with van der Waals surface area (Å²) < 4.78 is 48.4. The van der Waals surface area contributed by atoms with Gasteiger partial charge in [-0.1, -0.05) is 18.2 Å². The van der Waals surface area contributed by atoms with Gasteiger partial charge in [0.25, 0.3) is 5.91 Å². The maximum absolute atomic E-state index is 12.7. The summed E-state index contributed by atoms with van der Waals surface area (Å²) in [5, 5.41) is 2.47. The van der Waals surface area contributed by atoms with Crippen LogP contribution in [0.1, 0.15) is 12.5 Å². The van der Waals surface area contributed by atoms with Gasteiger partial charge in [0, 0.05) is 0 Å². The summed E-state index contributed by atoms with van der Waals surface area (Å²) >= 11 is 0. The minimum Gasteiger partial charge on any atom is -0.495 e. The Labute approximate surface area is 158 Å². The number of methoxy groups -OCH3 is 1. The second kappa shape index (κ2) is 8.98. The molecule has 0 radical (unpaired) electrons. The van der Waals surface area contributed by atoms with Crippen LogP contribution in [0, 0.1) is 0 Å². The zero-order valence-electron chi connectivity index (χ0n) is 15.0. The van der Waals surface area contributed by atoms with Crippen LogP contribution < -0.4 is 25.6 Å². The van der Waals surface area contributed by atoms with Crippen molar-refractivity contribution in [1.29, 1.82) is 0 Å². The fourth-order valence-corrected chi connectivity index (χ4v) is 2.12. The summed E-state index contributed by atoms with van der Waals surface area (Å²) in [7, 11) is 1.44. The predicted molar refractivity (Wildman–Crippen MR) is 94.8 cm³/mol. The molecule has 0 saturated carbocycles. The molecule has 0 unspecified atom stereocenters. The highest BCUT2D eigenvalue weighted by molar-refractivity contribution is 5.92. The molecule has 0 fully saturated rings. The Morgan fingerprint density at radius 1 is 1.04 bits per heavy atom. The first-order valence-corrected chi connectivity index (χ1v) is 8.04. The molecule has 0 aliphatic carbocycles. The molecule has 2 aromatic rings. The third kappa shape index (κ3) is 5.79. The standard InChI is InChI=1S/C18H18F3N3O4/c1-11(28-13-7-5-6-12(10-13)18(19,20)21)16(25)23-24-17(26)22-14-8-3-4-9-15(14)27-2/h3-11H,1-2H3,(H,23,25)(H2,22,24,26)/t11-/m1/s1. The first-order valence-electron chi connectivity index (χ1n) is 8.04. The van der Waals surface area contributed by atoms with E-state index >= 15 is 0 Å². The average molecular weight is 397 g/mol. The van der Waals surface area contributed by atoms with E-state index in [1.54, 1.807) is 24.3 Å². The van der Waals surface area contributed by atoms with Crippen molar-refractivity contribution in [2.45, 2.75) is 19.2 Å². The highest BCUT2D eigenvalue weighted by atomic mass is 19.4. The molecular weight excluding hydrogens is 379 g/mol. The highest BCUT2D eigenvalue weighted by Crippen LogP contribution is 2.31. The van der Waals surface area contributed by atoms with E-state index in [1.165, 1.54) is 26.2 Å². The summed E-state index contributed by atoms with van der Waals surface area (Å²) in [6.07, 6.45) is -5.68. The zero-order chi connectivity index (χ0) is 20.7. The second-order valence-corrected chi connectivity index (χ2v) is 5.55. The molecule has 3 N–H and O–H groups in total. The summed E-state index contributed by atoms with van der Waals surface area (Å²) in [5.74, 6) is -0.464. The highest BCUT2D eigenvalue weighted by Gasteiger charge is 2.30. The largest absolute Gasteiger partial charge is 0.495 e. The molecule has 1 atom stereocenters. The smallest absolute Gasteiger partial charge is 0.416 e. The third-order valence-electron chi connectivity index (χ3n) is 3.50. The van der Waals surface area contributed by atoms with Crippen LogP contribution >= 0.6 is 0 Å². The predicted octanol–water partition coefficient (Wildman–Crippen LogP) is 3.33. The molecule has 0 aromatic heterocycles. The van der Waals surface area contributed by atoms with Gasteiger partial charge in [-0.25, -0.2) is 10.2 Å². The Kier molecular flexibility index (Phi) is 6.69. The van der Waals surface area contributed by atoms with Crippen LogP contribution in [0.2, 0.25) is 0 Å².